The summed E-state index contributed by atoms with van der Waals surface area (Å²) in [4.78, 5) is 42.0. The third kappa shape index (κ3) is 5.85. The Balaban J connectivity index is 2.05. The molecule has 0 radical (unpaired) electrons. The van der Waals surface area contributed by atoms with E-state index in [9.17, 15) is 14.4 Å². The van der Waals surface area contributed by atoms with Gasteiger partial charge in [-0.1, -0.05) is 11.6 Å². The van der Waals surface area contributed by atoms with Gasteiger partial charge in [0.2, 0.25) is 0 Å². The summed E-state index contributed by atoms with van der Waals surface area (Å²) in [5.41, 5.74) is -1.09. The maximum absolute atomic E-state index is 12.6. The van der Waals surface area contributed by atoms with Crippen molar-refractivity contribution in [2.75, 3.05) is 25.0 Å². The number of esters is 1. The van der Waals surface area contributed by atoms with E-state index >= 15 is 0 Å². The first-order valence-electron chi connectivity index (χ1n) is 8.76. The first-order chi connectivity index (χ1) is 12.6. The molecule has 27 heavy (non-hydrogen) atoms. The van der Waals surface area contributed by atoms with Crippen molar-refractivity contribution in [3.05, 3.63) is 21.7 Å². The minimum absolute atomic E-state index is 0.0420. The van der Waals surface area contributed by atoms with Crippen LogP contribution in [0.4, 0.5) is 10.6 Å². The van der Waals surface area contributed by atoms with Crippen LogP contribution in [0.15, 0.2) is 11.0 Å². The van der Waals surface area contributed by atoms with Gasteiger partial charge in [-0.25, -0.2) is 9.78 Å². The van der Waals surface area contributed by atoms with Crippen LogP contribution in [0.25, 0.3) is 0 Å². The topological polar surface area (TPSA) is 103 Å². The molecule has 0 unspecified atom stereocenters. The van der Waals surface area contributed by atoms with Gasteiger partial charge in [-0.05, 0) is 34.1 Å². The SMILES string of the molecule is CCOC(=O)Cn1c(Cl)cnc(N[C@H]2CCN(C(=O)OC(C)(C)C)C2)c1=O. The Bertz CT molecular complexity index is 759. The summed E-state index contributed by atoms with van der Waals surface area (Å²) in [6.07, 6.45) is 1.54. The molecule has 0 spiro atoms. The number of rotatable bonds is 5. The zero-order valence-corrected chi connectivity index (χ0v) is 16.7. The fraction of sp³-hybridized carbons (Fsp3) is 0.647. The van der Waals surface area contributed by atoms with Crippen LogP contribution in [0.1, 0.15) is 34.1 Å². The van der Waals surface area contributed by atoms with Crippen LogP contribution >= 0.6 is 11.6 Å². The summed E-state index contributed by atoms with van der Waals surface area (Å²) in [5, 5.41) is 3.07. The Morgan fingerprint density at radius 2 is 2.11 bits per heavy atom. The molecule has 0 aliphatic carbocycles. The molecule has 150 valence electrons. The van der Waals surface area contributed by atoms with Crippen LogP contribution in [0, 0.1) is 0 Å². The van der Waals surface area contributed by atoms with Crippen LogP contribution in [0.3, 0.4) is 0 Å². The molecule has 1 fully saturated rings. The van der Waals surface area contributed by atoms with Gasteiger partial charge in [0.05, 0.1) is 12.8 Å². The van der Waals surface area contributed by atoms with E-state index in [0.717, 1.165) is 4.57 Å². The third-order valence-corrected chi connectivity index (χ3v) is 4.08. The summed E-state index contributed by atoms with van der Waals surface area (Å²) >= 11 is 5.98. The van der Waals surface area contributed by atoms with Gasteiger partial charge in [-0.3, -0.25) is 14.2 Å². The highest BCUT2D eigenvalue weighted by molar-refractivity contribution is 6.29. The molecule has 1 saturated heterocycles. The van der Waals surface area contributed by atoms with Crippen LogP contribution < -0.4 is 10.9 Å². The number of aromatic nitrogens is 2. The molecule has 1 aromatic rings. The number of likely N-dealkylation sites (tertiary alicyclic amines) is 1. The number of nitrogens with zero attached hydrogens (tertiary/aromatic N) is 3. The van der Waals surface area contributed by atoms with E-state index in [1.54, 1.807) is 32.6 Å². The van der Waals surface area contributed by atoms with Crippen molar-refractivity contribution in [3.63, 3.8) is 0 Å². The largest absolute Gasteiger partial charge is 0.465 e. The maximum atomic E-state index is 12.6. The third-order valence-electron chi connectivity index (χ3n) is 3.78. The molecule has 1 aliphatic heterocycles. The predicted octanol–water partition coefficient (Wildman–Crippen LogP) is 1.88. The lowest BCUT2D eigenvalue weighted by atomic mass is 10.2. The van der Waals surface area contributed by atoms with Gasteiger partial charge >= 0.3 is 12.1 Å². The highest BCUT2D eigenvalue weighted by Gasteiger charge is 2.30. The molecule has 1 N–H and O–H groups in total. The van der Waals surface area contributed by atoms with E-state index in [4.69, 9.17) is 21.1 Å². The normalized spacial score (nSPS) is 16.9. The summed E-state index contributed by atoms with van der Waals surface area (Å²) in [6, 6.07) is -0.157. The monoisotopic (exact) mass is 400 g/mol. The van der Waals surface area contributed by atoms with E-state index in [1.807, 2.05) is 0 Å². The zero-order valence-electron chi connectivity index (χ0n) is 16.0. The van der Waals surface area contributed by atoms with Crippen LogP contribution in [0.5, 0.6) is 0 Å². The molecule has 0 bridgehead atoms. The van der Waals surface area contributed by atoms with E-state index in [1.165, 1.54) is 6.20 Å². The van der Waals surface area contributed by atoms with Gasteiger partial charge in [-0.15, -0.1) is 0 Å². The van der Waals surface area contributed by atoms with Gasteiger partial charge in [0, 0.05) is 19.1 Å². The molecule has 1 atom stereocenters. The second-order valence-corrected chi connectivity index (χ2v) is 7.57. The predicted molar refractivity (Wildman–Crippen MR) is 100.0 cm³/mol. The molecule has 2 heterocycles. The van der Waals surface area contributed by atoms with Crippen molar-refractivity contribution in [1.29, 1.82) is 0 Å². The number of ether oxygens (including phenoxy) is 2. The number of nitrogens with one attached hydrogen (secondary N) is 1. The Morgan fingerprint density at radius 1 is 1.41 bits per heavy atom. The van der Waals surface area contributed by atoms with Crippen molar-refractivity contribution < 1.29 is 19.1 Å². The number of carbonyl (C=O) groups is 2. The molecule has 1 aliphatic rings. The maximum Gasteiger partial charge on any atom is 0.410 e. The molecular weight excluding hydrogens is 376 g/mol. The smallest absolute Gasteiger partial charge is 0.410 e. The second-order valence-electron chi connectivity index (χ2n) is 7.18. The molecular formula is C17H25ClN4O5. The lowest BCUT2D eigenvalue weighted by Gasteiger charge is -2.24. The summed E-state index contributed by atoms with van der Waals surface area (Å²) in [7, 11) is 0. The van der Waals surface area contributed by atoms with E-state index in [-0.39, 0.29) is 30.2 Å². The lowest BCUT2D eigenvalue weighted by molar-refractivity contribution is -0.143. The first kappa shape index (κ1) is 21.0. The minimum Gasteiger partial charge on any atom is -0.465 e. The highest BCUT2D eigenvalue weighted by Crippen LogP contribution is 2.17. The molecule has 1 aromatic heterocycles. The Kier molecular flexibility index (Phi) is 6.69. The molecule has 1 amide bonds. The van der Waals surface area contributed by atoms with E-state index in [2.05, 4.69) is 10.3 Å². The molecule has 0 aromatic carbocycles. The van der Waals surface area contributed by atoms with Crippen molar-refractivity contribution >= 4 is 29.5 Å². The highest BCUT2D eigenvalue weighted by atomic mass is 35.5. The summed E-state index contributed by atoms with van der Waals surface area (Å²) in [6.45, 7) is 7.91. The second kappa shape index (κ2) is 8.60. The van der Waals surface area contributed by atoms with Gasteiger partial charge < -0.3 is 19.7 Å². The number of halogens is 1. The molecule has 9 nitrogen and oxygen atoms in total. The minimum atomic E-state index is -0.568. The quantitative estimate of drug-likeness (QED) is 0.752. The standard InChI is InChI=1S/C17H25ClN4O5/c1-5-26-13(23)10-22-12(18)8-19-14(15(22)24)20-11-6-7-21(9-11)16(25)27-17(2,3)4/h8,11H,5-7,9-10H2,1-4H3,(H,19,20)/t11-/m0/s1. The average molecular weight is 401 g/mol. The Morgan fingerprint density at radius 3 is 2.74 bits per heavy atom. The van der Waals surface area contributed by atoms with Crippen LogP contribution in [-0.2, 0) is 20.8 Å². The number of carbonyl (C=O) groups excluding carboxylic acids is 2. The summed E-state index contributed by atoms with van der Waals surface area (Å²) in [5.74, 6) is -0.490. The van der Waals surface area contributed by atoms with Gasteiger partial charge in [0.15, 0.2) is 5.82 Å². The Hall–Kier alpha value is -2.29. The fourth-order valence-electron chi connectivity index (χ4n) is 2.61. The van der Waals surface area contributed by atoms with Crippen molar-refractivity contribution in [2.24, 2.45) is 0 Å². The van der Waals surface area contributed by atoms with Gasteiger partial charge in [-0.2, -0.15) is 0 Å². The number of amides is 1. The fourth-order valence-corrected chi connectivity index (χ4v) is 2.80. The molecule has 2 rings (SSSR count). The van der Waals surface area contributed by atoms with Gasteiger partial charge in [0.25, 0.3) is 5.56 Å². The van der Waals surface area contributed by atoms with E-state index in [0.29, 0.717) is 19.5 Å². The number of anilines is 1. The number of hydrogen-bond donors (Lipinski definition) is 1. The number of hydrogen-bond acceptors (Lipinski definition) is 7. The van der Waals surface area contributed by atoms with Gasteiger partial charge in [0.1, 0.15) is 17.3 Å². The van der Waals surface area contributed by atoms with Crippen molar-refractivity contribution in [3.8, 4) is 0 Å². The Labute approximate surface area is 162 Å². The van der Waals surface area contributed by atoms with Crippen molar-refractivity contribution in [2.45, 2.75) is 52.3 Å². The van der Waals surface area contributed by atoms with E-state index < -0.39 is 23.2 Å². The first-order valence-corrected chi connectivity index (χ1v) is 9.14. The average Bonchev–Trinajstić information content (AvgIpc) is 3.02. The lowest BCUT2D eigenvalue weighted by Crippen LogP contribution is -2.37. The van der Waals surface area contributed by atoms with Crippen molar-refractivity contribution in [1.82, 2.24) is 14.5 Å². The molecule has 0 saturated carbocycles. The molecule has 10 heteroatoms. The zero-order chi connectivity index (χ0) is 20.2. The van der Waals surface area contributed by atoms with Crippen LogP contribution in [-0.4, -0.2) is 57.9 Å². The van der Waals surface area contributed by atoms with Crippen LogP contribution in [0.2, 0.25) is 5.15 Å². The summed E-state index contributed by atoms with van der Waals surface area (Å²) < 4.78 is 11.3.